The van der Waals surface area contributed by atoms with Gasteiger partial charge in [0.05, 0.1) is 6.33 Å². The number of carbonyl (C=O) groups excluding carboxylic acids is 1. The Bertz CT molecular complexity index is 407. The molecule has 0 bridgehead atoms. The van der Waals surface area contributed by atoms with Gasteiger partial charge in [0.1, 0.15) is 0 Å². The zero-order valence-corrected chi connectivity index (χ0v) is 11.9. The summed E-state index contributed by atoms with van der Waals surface area (Å²) in [5, 5.41) is 6.30. The molecule has 5 heteroatoms. The second-order valence-corrected chi connectivity index (χ2v) is 5.51. The van der Waals surface area contributed by atoms with Crippen LogP contribution in [0.25, 0.3) is 0 Å². The van der Waals surface area contributed by atoms with Crippen molar-refractivity contribution in [2.75, 3.05) is 13.1 Å². The number of aryl methyl sites for hydroxylation is 1. The molecule has 0 saturated carbocycles. The molecular formula is C14H24N4O. The fourth-order valence-electron chi connectivity index (χ4n) is 2.59. The van der Waals surface area contributed by atoms with Gasteiger partial charge >= 0.3 is 0 Å². The molecule has 0 unspecified atom stereocenters. The first kappa shape index (κ1) is 14.1. The molecule has 1 amide bonds. The summed E-state index contributed by atoms with van der Waals surface area (Å²) in [6.45, 7) is 6.83. The van der Waals surface area contributed by atoms with Gasteiger partial charge in [-0.2, -0.15) is 0 Å². The van der Waals surface area contributed by atoms with Gasteiger partial charge in [-0.3, -0.25) is 4.79 Å². The maximum atomic E-state index is 11.7. The summed E-state index contributed by atoms with van der Waals surface area (Å²) in [5.74, 6) is 0.692. The molecule has 1 aliphatic rings. The molecule has 2 heterocycles. The third-order valence-electron chi connectivity index (χ3n) is 3.53. The van der Waals surface area contributed by atoms with E-state index in [0.717, 1.165) is 32.5 Å². The lowest BCUT2D eigenvalue weighted by Crippen LogP contribution is -2.31. The standard InChI is InChI=1S/C14H24N4O/c1-11(2)17-14(19)5-8-18-10-16-9-13(18)12-3-6-15-7-4-12/h9-12,15H,3-8H2,1-2H3,(H,17,19). The topological polar surface area (TPSA) is 59.0 Å². The Morgan fingerprint density at radius 1 is 1.53 bits per heavy atom. The molecule has 1 aromatic heterocycles. The minimum absolute atomic E-state index is 0.111. The van der Waals surface area contributed by atoms with E-state index in [1.54, 1.807) is 0 Å². The van der Waals surface area contributed by atoms with Crippen molar-refractivity contribution in [3.05, 3.63) is 18.2 Å². The summed E-state index contributed by atoms with van der Waals surface area (Å²) in [5.41, 5.74) is 1.28. The van der Waals surface area contributed by atoms with Crippen LogP contribution in [-0.2, 0) is 11.3 Å². The number of carbonyl (C=O) groups is 1. The molecule has 0 aliphatic carbocycles. The Morgan fingerprint density at radius 3 is 2.95 bits per heavy atom. The summed E-state index contributed by atoms with van der Waals surface area (Å²) in [6, 6.07) is 0.208. The van der Waals surface area contributed by atoms with Crippen LogP contribution in [0.5, 0.6) is 0 Å². The van der Waals surface area contributed by atoms with E-state index in [1.165, 1.54) is 5.69 Å². The maximum Gasteiger partial charge on any atom is 0.221 e. The van der Waals surface area contributed by atoms with Crippen molar-refractivity contribution >= 4 is 5.91 Å². The lowest BCUT2D eigenvalue weighted by molar-refractivity contribution is -0.121. The molecule has 0 spiro atoms. The van der Waals surface area contributed by atoms with E-state index in [0.29, 0.717) is 12.3 Å². The lowest BCUT2D eigenvalue weighted by Gasteiger charge is -2.23. The Morgan fingerprint density at radius 2 is 2.26 bits per heavy atom. The van der Waals surface area contributed by atoms with E-state index >= 15 is 0 Å². The lowest BCUT2D eigenvalue weighted by atomic mass is 9.95. The first-order chi connectivity index (χ1) is 9.16. The fraction of sp³-hybridized carbons (Fsp3) is 0.714. The van der Waals surface area contributed by atoms with Gasteiger partial charge in [-0.25, -0.2) is 4.98 Å². The summed E-state index contributed by atoms with van der Waals surface area (Å²) in [7, 11) is 0. The molecule has 1 saturated heterocycles. The highest BCUT2D eigenvalue weighted by Gasteiger charge is 2.18. The van der Waals surface area contributed by atoms with Crippen molar-refractivity contribution < 1.29 is 4.79 Å². The zero-order chi connectivity index (χ0) is 13.7. The van der Waals surface area contributed by atoms with E-state index in [1.807, 2.05) is 26.4 Å². The van der Waals surface area contributed by atoms with Crippen LogP contribution in [0.3, 0.4) is 0 Å². The van der Waals surface area contributed by atoms with Gasteiger partial charge in [0, 0.05) is 36.8 Å². The quantitative estimate of drug-likeness (QED) is 0.842. The molecule has 0 aromatic carbocycles. The predicted molar refractivity (Wildman–Crippen MR) is 75.0 cm³/mol. The maximum absolute atomic E-state index is 11.7. The molecule has 2 rings (SSSR count). The SMILES string of the molecule is CC(C)NC(=O)CCn1cncc1C1CCNCC1. The number of hydrogen-bond donors (Lipinski definition) is 2. The van der Waals surface area contributed by atoms with E-state index < -0.39 is 0 Å². The van der Waals surface area contributed by atoms with Gasteiger partial charge in [-0.05, 0) is 39.8 Å². The van der Waals surface area contributed by atoms with E-state index in [9.17, 15) is 4.79 Å². The van der Waals surface area contributed by atoms with Crippen molar-refractivity contribution in [3.8, 4) is 0 Å². The number of nitrogens with zero attached hydrogens (tertiary/aromatic N) is 2. The van der Waals surface area contributed by atoms with Crippen LogP contribution >= 0.6 is 0 Å². The monoisotopic (exact) mass is 264 g/mol. The Labute approximate surface area is 114 Å². The van der Waals surface area contributed by atoms with E-state index in [4.69, 9.17) is 0 Å². The molecule has 2 N–H and O–H groups in total. The summed E-state index contributed by atoms with van der Waals surface area (Å²) in [6.07, 6.45) is 6.64. The van der Waals surface area contributed by atoms with Crippen LogP contribution in [0.15, 0.2) is 12.5 Å². The van der Waals surface area contributed by atoms with Crippen LogP contribution in [0.1, 0.15) is 44.7 Å². The number of imidazole rings is 1. The fourth-order valence-corrected chi connectivity index (χ4v) is 2.59. The third kappa shape index (κ3) is 4.06. The smallest absolute Gasteiger partial charge is 0.221 e. The first-order valence-electron chi connectivity index (χ1n) is 7.17. The molecule has 0 radical (unpaired) electrons. The van der Waals surface area contributed by atoms with Crippen LogP contribution < -0.4 is 10.6 Å². The molecular weight excluding hydrogens is 240 g/mol. The van der Waals surface area contributed by atoms with Crippen molar-refractivity contribution in [2.24, 2.45) is 0 Å². The Kier molecular flexibility index (Phi) is 4.96. The highest BCUT2D eigenvalue weighted by Crippen LogP contribution is 2.24. The molecule has 1 aliphatic heterocycles. The molecule has 19 heavy (non-hydrogen) atoms. The minimum Gasteiger partial charge on any atom is -0.354 e. The van der Waals surface area contributed by atoms with Gasteiger partial charge < -0.3 is 15.2 Å². The highest BCUT2D eigenvalue weighted by molar-refractivity contribution is 5.76. The number of aromatic nitrogens is 2. The molecule has 0 atom stereocenters. The van der Waals surface area contributed by atoms with Gasteiger partial charge in [0.25, 0.3) is 0 Å². The number of nitrogens with one attached hydrogen (secondary N) is 2. The van der Waals surface area contributed by atoms with Crippen molar-refractivity contribution in [1.82, 2.24) is 20.2 Å². The number of piperidine rings is 1. The Hall–Kier alpha value is -1.36. The van der Waals surface area contributed by atoms with Crippen LogP contribution in [-0.4, -0.2) is 34.6 Å². The molecule has 1 fully saturated rings. The van der Waals surface area contributed by atoms with E-state index in [-0.39, 0.29) is 11.9 Å². The summed E-state index contributed by atoms with van der Waals surface area (Å²) >= 11 is 0. The number of rotatable bonds is 5. The normalized spacial score (nSPS) is 16.8. The van der Waals surface area contributed by atoms with Gasteiger partial charge in [0.2, 0.25) is 5.91 Å². The molecule has 1 aromatic rings. The van der Waals surface area contributed by atoms with E-state index in [2.05, 4.69) is 20.2 Å². The van der Waals surface area contributed by atoms with Crippen molar-refractivity contribution in [1.29, 1.82) is 0 Å². The number of amides is 1. The highest BCUT2D eigenvalue weighted by atomic mass is 16.1. The van der Waals surface area contributed by atoms with Crippen molar-refractivity contribution in [3.63, 3.8) is 0 Å². The van der Waals surface area contributed by atoms with Crippen LogP contribution in [0.4, 0.5) is 0 Å². The predicted octanol–water partition coefficient (Wildman–Crippen LogP) is 1.26. The molecule has 106 valence electrons. The van der Waals surface area contributed by atoms with Gasteiger partial charge in [-0.15, -0.1) is 0 Å². The van der Waals surface area contributed by atoms with Gasteiger partial charge in [-0.1, -0.05) is 0 Å². The van der Waals surface area contributed by atoms with Crippen LogP contribution in [0.2, 0.25) is 0 Å². The number of hydrogen-bond acceptors (Lipinski definition) is 3. The third-order valence-corrected chi connectivity index (χ3v) is 3.53. The first-order valence-corrected chi connectivity index (χ1v) is 7.17. The largest absolute Gasteiger partial charge is 0.354 e. The second-order valence-electron chi connectivity index (χ2n) is 5.51. The molecule has 5 nitrogen and oxygen atoms in total. The second kappa shape index (κ2) is 6.70. The summed E-state index contributed by atoms with van der Waals surface area (Å²) in [4.78, 5) is 15.9. The van der Waals surface area contributed by atoms with Crippen LogP contribution in [0, 0.1) is 0 Å². The average molecular weight is 264 g/mol. The Balaban J connectivity index is 1.90. The average Bonchev–Trinajstić information content (AvgIpc) is 2.85. The summed E-state index contributed by atoms with van der Waals surface area (Å²) < 4.78 is 2.13. The zero-order valence-electron chi connectivity index (χ0n) is 11.9. The minimum atomic E-state index is 0.111. The van der Waals surface area contributed by atoms with Crippen molar-refractivity contribution in [2.45, 2.75) is 51.6 Å². The van der Waals surface area contributed by atoms with Gasteiger partial charge in [0.15, 0.2) is 0 Å².